The number of carbonyl (C=O) groups excluding carboxylic acids is 1. The Labute approximate surface area is 179 Å². The van der Waals surface area contributed by atoms with Gasteiger partial charge >= 0.3 is 11.9 Å². The predicted molar refractivity (Wildman–Crippen MR) is 116 cm³/mol. The van der Waals surface area contributed by atoms with Crippen LogP contribution in [-0.4, -0.2) is 11.0 Å². The van der Waals surface area contributed by atoms with Gasteiger partial charge in [-0.15, -0.1) is 0 Å². The largest absolute Gasteiger partial charge is 0.433 e. The van der Waals surface area contributed by atoms with E-state index in [1.807, 2.05) is 0 Å². The third-order valence-corrected chi connectivity index (χ3v) is 4.99. The first-order valence-corrected chi connectivity index (χ1v) is 9.26. The highest BCUT2D eigenvalue weighted by Crippen LogP contribution is 2.41. The summed E-state index contributed by atoms with van der Waals surface area (Å²) in [6.07, 6.45) is 1.46. The molecule has 152 valence electrons. The molecule has 1 aromatic heterocycles. The molecule has 1 aliphatic heterocycles. The van der Waals surface area contributed by atoms with Crippen molar-refractivity contribution in [2.24, 2.45) is 0 Å². The Morgan fingerprint density at radius 1 is 1.20 bits per heavy atom. The zero-order valence-corrected chi connectivity index (χ0v) is 16.6. The summed E-state index contributed by atoms with van der Waals surface area (Å²) in [5, 5.41) is 17.3. The number of para-hydroxylation sites is 1. The van der Waals surface area contributed by atoms with Crippen LogP contribution < -0.4 is 21.3 Å². The van der Waals surface area contributed by atoms with Crippen LogP contribution in [0, 0.1) is 10.1 Å². The van der Waals surface area contributed by atoms with Crippen LogP contribution in [0.5, 0.6) is 0 Å². The van der Waals surface area contributed by atoms with Gasteiger partial charge in [0.2, 0.25) is 0 Å². The van der Waals surface area contributed by atoms with E-state index in [9.17, 15) is 14.9 Å². The van der Waals surface area contributed by atoms with E-state index in [-0.39, 0.29) is 10.8 Å². The summed E-state index contributed by atoms with van der Waals surface area (Å²) in [5.41, 5.74) is 7.91. The van der Waals surface area contributed by atoms with E-state index in [0.717, 1.165) is 0 Å². The molecule has 2 heterocycles. The maximum absolute atomic E-state index is 13.1. The summed E-state index contributed by atoms with van der Waals surface area (Å²) in [6.45, 7) is 0. The summed E-state index contributed by atoms with van der Waals surface area (Å²) in [7, 11) is 0. The number of carbonyl (C=O) groups is 1. The lowest BCUT2D eigenvalue weighted by Crippen LogP contribution is -2.33. The number of hydrogen-bond acceptors (Lipinski definition) is 6. The van der Waals surface area contributed by atoms with Gasteiger partial charge in [-0.3, -0.25) is 10.1 Å². The maximum Gasteiger partial charge on any atom is 0.433 e. The third kappa shape index (κ3) is 3.63. The predicted octanol–water partition coefficient (Wildman–Crippen LogP) is 5.54. The van der Waals surface area contributed by atoms with Gasteiger partial charge < -0.3 is 20.8 Å². The van der Waals surface area contributed by atoms with Gasteiger partial charge in [0, 0.05) is 11.8 Å². The Kier molecular flexibility index (Phi) is 4.98. The highest BCUT2D eigenvalue weighted by atomic mass is 35.5. The minimum atomic E-state index is -0.647. The summed E-state index contributed by atoms with van der Waals surface area (Å²) in [5.74, 6) is 0.0660. The lowest BCUT2D eigenvalue weighted by Gasteiger charge is -2.19. The van der Waals surface area contributed by atoms with Crippen molar-refractivity contribution in [1.82, 2.24) is 0 Å². The molecular formula is C19H13Cl2N5O4. The van der Waals surface area contributed by atoms with Crippen LogP contribution in [0.2, 0.25) is 10.0 Å². The molecule has 3 aromatic rings. The zero-order valence-electron chi connectivity index (χ0n) is 15.1. The fourth-order valence-electron chi connectivity index (χ4n) is 2.92. The van der Waals surface area contributed by atoms with Crippen molar-refractivity contribution in [2.45, 2.75) is 0 Å². The quantitative estimate of drug-likeness (QED) is 0.276. The first kappa shape index (κ1) is 19.6. The van der Waals surface area contributed by atoms with E-state index >= 15 is 0 Å². The molecule has 9 nitrogen and oxygen atoms in total. The van der Waals surface area contributed by atoms with E-state index in [0.29, 0.717) is 33.6 Å². The molecule has 4 N–H and O–H groups in total. The molecule has 0 fully saturated rings. The first-order valence-electron chi connectivity index (χ1n) is 8.51. The zero-order chi connectivity index (χ0) is 21.4. The van der Waals surface area contributed by atoms with Crippen LogP contribution in [0.1, 0.15) is 5.76 Å². The first-order chi connectivity index (χ1) is 14.3. The normalized spacial score (nSPS) is 13.8. The molecule has 2 aromatic carbocycles. The molecule has 0 unspecified atom stereocenters. The average Bonchev–Trinajstić information content (AvgIpc) is 3.30. The Morgan fingerprint density at radius 3 is 2.70 bits per heavy atom. The topological polar surface area (TPSA) is 127 Å². The van der Waals surface area contributed by atoms with Crippen LogP contribution in [0.3, 0.4) is 0 Å². The molecule has 0 atom stereocenters. The molecule has 11 heteroatoms. The minimum absolute atomic E-state index is 0.183. The summed E-state index contributed by atoms with van der Waals surface area (Å²) < 4.78 is 5.17. The lowest BCUT2D eigenvalue weighted by molar-refractivity contribution is -0.402. The van der Waals surface area contributed by atoms with E-state index in [1.54, 1.807) is 30.3 Å². The number of nitrogen functional groups attached to an aromatic ring is 1. The standard InChI is InChI=1S/C19H13Cl2N5O4/c20-12-6-4-10(8-13(12)21)23-19(27)25-15-3-1-2-14(22)18(15)24-16(25)9-11-5-7-17(30-11)26(28)29/h1-9,24H,22H2,(H,23,27). The molecule has 0 spiro atoms. The number of amides is 2. The monoisotopic (exact) mass is 445 g/mol. The van der Waals surface area contributed by atoms with Crippen molar-refractivity contribution in [3.63, 3.8) is 0 Å². The van der Waals surface area contributed by atoms with Crippen LogP contribution >= 0.6 is 23.2 Å². The fourth-order valence-corrected chi connectivity index (χ4v) is 3.22. The molecule has 2 amide bonds. The van der Waals surface area contributed by atoms with Gasteiger partial charge in [-0.1, -0.05) is 29.3 Å². The van der Waals surface area contributed by atoms with Crippen molar-refractivity contribution in [3.05, 3.63) is 80.3 Å². The van der Waals surface area contributed by atoms with Gasteiger partial charge in [0.15, 0.2) is 0 Å². The number of fused-ring (bicyclic) bond motifs is 1. The summed E-state index contributed by atoms with van der Waals surface area (Å²) in [4.78, 5) is 24.6. The van der Waals surface area contributed by atoms with E-state index in [2.05, 4.69) is 10.6 Å². The molecule has 1 aliphatic rings. The molecule has 0 saturated carbocycles. The van der Waals surface area contributed by atoms with Gasteiger partial charge in [-0.2, -0.15) is 0 Å². The summed E-state index contributed by atoms with van der Waals surface area (Å²) in [6, 6.07) is 11.9. The van der Waals surface area contributed by atoms with E-state index in [4.69, 9.17) is 33.4 Å². The summed E-state index contributed by atoms with van der Waals surface area (Å²) >= 11 is 11.9. The Bertz CT molecular complexity index is 1210. The second-order valence-corrected chi connectivity index (χ2v) is 7.04. The van der Waals surface area contributed by atoms with Crippen LogP contribution in [0.25, 0.3) is 6.08 Å². The number of nitro groups is 1. The van der Waals surface area contributed by atoms with Gasteiger partial charge in [0.25, 0.3) is 0 Å². The van der Waals surface area contributed by atoms with Gasteiger partial charge in [0.1, 0.15) is 16.5 Å². The number of urea groups is 1. The molecule has 0 saturated heterocycles. The number of hydrogen-bond donors (Lipinski definition) is 3. The van der Waals surface area contributed by atoms with Gasteiger partial charge in [-0.05, 0) is 36.4 Å². The molecule has 4 rings (SSSR count). The van der Waals surface area contributed by atoms with Crippen molar-refractivity contribution < 1.29 is 14.1 Å². The van der Waals surface area contributed by atoms with Crippen LogP contribution in [-0.2, 0) is 0 Å². The maximum atomic E-state index is 13.1. The van der Waals surface area contributed by atoms with E-state index < -0.39 is 16.8 Å². The third-order valence-electron chi connectivity index (χ3n) is 4.26. The second kappa shape index (κ2) is 7.62. The Hall–Kier alpha value is -3.69. The van der Waals surface area contributed by atoms with Crippen LogP contribution in [0.15, 0.2) is 58.8 Å². The number of nitrogens with two attached hydrogens (primary N) is 1. The average molecular weight is 446 g/mol. The number of halogens is 2. The van der Waals surface area contributed by atoms with Crippen molar-refractivity contribution in [2.75, 3.05) is 21.3 Å². The number of nitrogens with zero attached hydrogens (tertiary/aromatic N) is 2. The number of anilines is 4. The highest BCUT2D eigenvalue weighted by Gasteiger charge is 2.31. The SMILES string of the molecule is Nc1cccc2c1NC(=Cc1ccc([N+](=O)[O-])o1)N2C(=O)Nc1ccc(Cl)c(Cl)c1. The molecule has 0 radical (unpaired) electrons. The van der Waals surface area contributed by atoms with Crippen molar-refractivity contribution in [3.8, 4) is 0 Å². The molecule has 0 bridgehead atoms. The number of furan rings is 1. The molecule has 0 aliphatic carbocycles. The van der Waals surface area contributed by atoms with E-state index in [1.165, 1.54) is 29.2 Å². The van der Waals surface area contributed by atoms with Crippen molar-refractivity contribution in [1.29, 1.82) is 0 Å². The highest BCUT2D eigenvalue weighted by molar-refractivity contribution is 6.42. The molecular weight excluding hydrogens is 433 g/mol. The van der Waals surface area contributed by atoms with Gasteiger partial charge in [0.05, 0.1) is 33.2 Å². The number of benzene rings is 2. The fraction of sp³-hybridized carbons (Fsp3) is 0. The number of rotatable bonds is 3. The van der Waals surface area contributed by atoms with Gasteiger partial charge in [-0.25, -0.2) is 9.69 Å². The lowest BCUT2D eigenvalue weighted by atomic mass is 10.2. The molecule has 30 heavy (non-hydrogen) atoms. The minimum Gasteiger partial charge on any atom is -0.401 e. The van der Waals surface area contributed by atoms with Crippen LogP contribution in [0.4, 0.5) is 33.4 Å². The van der Waals surface area contributed by atoms with Crippen molar-refractivity contribution >= 4 is 63.9 Å². The number of nitrogens with one attached hydrogen (secondary N) is 2. The smallest absolute Gasteiger partial charge is 0.401 e. The second-order valence-electron chi connectivity index (χ2n) is 6.22. The Morgan fingerprint density at radius 2 is 2.00 bits per heavy atom. The Balaban J connectivity index is 1.71.